The predicted octanol–water partition coefficient (Wildman–Crippen LogP) is 3.23. The van der Waals surface area contributed by atoms with Crippen molar-refractivity contribution < 1.29 is 21.9 Å². The SMILES string of the molecule is COc1ccc(-c2cccc(NS(=O)(=O)c3cc(F)ccc3F)c2)nn1. The van der Waals surface area contributed by atoms with Crippen LogP contribution in [0.15, 0.2) is 59.5 Å². The van der Waals surface area contributed by atoms with Gasteiger partial charge in [-0.1, -0.05) is 12.1 Å². The molecule has 6 nitrogen and oxygen atoms in total. The molecule has 0 aliphatic rings. The Morgan fingerprint density at radius 2 is 1.81 bits per heavy atom. The lowest BCUT2D eigenvalue weighted by Crippen LogP contribution is -2.15. The van der Waals surface area contributed by atoms with Gasteiger partial charge in [0.15, 0.2) is 0 Å². The summed E-state index contributed by atoms with van der Waals surface area (Å²) >= 11 is 0. The van der Waals surface area contributed by atoms with E-state index in [9.17, 15) is 17.2 Å². The standard InChI is InChI=1S/C17H13F2N3O3S/c1-25-17-8-7-15(20-21-17)11-3-2-4-13(9-11)22-26(23,24)16-10-12(18)5-6-14(16)19/h2-10,22H,1H3. The van der Waals surface area contributed by atoms with Crippen molar-refractivity contribution in [3.05, 3.63) is 66.2 Å². The maximum atomic E-state index is 13.8. The first-order valence-electron chi connectivity index (χ1n) is 7.35. The lowest BCUT2D eigenvalue weighted by atomic mass is 10.1. The van der Waals surface area contributed by atoms with E-state index >= 15 is 0 Å². The second-order valence-electron chi connectivity index (χ2n) is 5.22. The van der Waals surface area contributed by atoms with Crippen LogP contribution in [0.2, 0.25) is 0 Å². The first-order chi connectivity index (χ1) is 12.4. The Kier molecular flexibility index (Phi) is 4.81. The van der Waals surface area contributed by atoms with Gasteiger partial charge in [0.1, 0.15) is 16.5 Å². The van der Waals surface area contributed by atoms with Crippen LogP contribution in [0.4, 0.5) is 14.5 Å². The number of nitrogens with one attached hydrogen (secondary N) is 1. The van der Waals surface area contributed by atoms with Crippen LogP contribution in [-0.2, 0) is 10.0 Å². The predicted molar refractivity (Wildman–Crippen MR) is 91.2 cm³/mol. The van der Waals surface area contributed by atoms with Gasteiger partial charge in [-0.15, -0.1) is 10.2 Å². The maximum Gasteiger partial charge on any atom is 0.264 e. The Morgan fingerprint density at radius 1 is 1.00 bits per heavy atom. The van der Waals surface area contributed by atoms with Gasteiger partial charge >= 0.3 is 0 Å². The number of sulfonamides is 1. The van der Waals surface area contributed by atoms with E-state index in [-0.39, 0.29) is 5.69 Å². The summed E-state index contributed by atoms with van der Waals surface area (Å²) in [7, 11) is -2.83. The van der Waals surface area contributed by atoms with Crippen LogP contribution in [-0.4, -0.2) is 25.7 Å². The van der Waals surface area contributed by atoms with E-state index in [1.165, 1.54) is 19.2 Å². The Hall–Kier alpha value is -3.07. The zero-order valence-electron chi connectivity index (χ0n) is 13.5. The highest BCUT2D eigenvalue weighted by atomic mass is 32.2. The van der Waals surface area contributed by atoms with Gasteiger partial charge in [-0.05, 0) is 36.4 Å². The Labute approximate surface area is 148 Å². The molecule has 0 aliphatic carbocycles. The minimum atomic E-state index is -4.30. The van der Waals surface area contributed by atoms with Crippen molar-refractivity contribution in [3.8, 4) is 17.1 Å². The van der Waals surface area contributed by atoms with Crippen molar-refractivity contribution in [3.63, 3.8) is 0 Å². The van der Waals surface area contributed by atoms with Crippen molar-refractivity contribution in [1.82, 2.24) is 10.2 Å². The number of halogens is 2. The fourth-order valence-corrected chi connectivity index (χ4v) is 3.36. The molecule has 3 rings (SSSR count). The molecule has 0 atom stereocenters. The molecule has 3 aromatic rings. The van der Waals surface area contributed by atoms with Crippen molar-refractivity contribution in [2.75, 3.05) is 11.8 Å². The van der Waals surface area contributed by atoms with Crippen LogP contribution in [0, 0.1) is 11.6 Å². The van der Waals surface area contributed by atoms with Gasteiger partial charge in [0.05, 0.1) is 12.8 Å². The molecule has 0 saturated carbocycles. The number of hydrogen-bond donors (Lipinski definition) is 1. The molecule has 1 aromatic heterocycles. The van der Waals surface area contributed by atoms with E-state index in [2.05, 4.69) is 14.9 Å². The van der Waals surface area contributed by atoms with Crippen LogP contribution in [0.1, 0.15) is 0 Å². The van der Waals surface area contributed by atoms with Gasteiger partial charge in [0, 0.05) is 17.3 Å². The number of rotatable bonds is 5. The van der Waals surface area contributed by atoms with Crippen molar-refractivity contribution in [1.29, 1.82) is 0 Å². The second kappa shape index (κ2) is 7.04. The number of hydrogen-bond acceptors (Lipinski definition) is 5. The third-order valence-corrected chi connectivity index (χ3v) is 4.84. The fourth-order valence-electron chi connectivity index (χ4n) is 2.22. The molecule has 1 heterocycles. The van der Waals surface area contributed by atoms with E-state index < -0.39 is 26.6 Å². The largest absolute Gasteiger partial charge is 0.480 e. The zero-order chi connectivity index (χ0) is 18.7. The number of aromatic nitrogens is 2. The molecular formula is C17H13F2N3O3S. The highest BCUT2D eigenvalue weighted by Gasteiger charge is 2.20. The Morgan fingerprint density at radius 3 is 2.50 bits per heavy atom. The average molecular weight is 377 g/mol. The highest BCUT2D eigenvalue weighted by Crippen LogP contribution is 2.24. The summed E-state index contributed by atoms with van der Waals surface area (Å²) < 4.78 is 58.9. The van der Waals surface area contributed by atoms with Crippen LogP contribution in [0.3, 0.4) is 0 Å². The van der Waals surface area contributed by atoms with Gasteiger partial charge in [-0.2, -0.15) is 0 Å². The number of benzene rings is 2. The van der Waals surface area contributed by atoms with E-state index in [0.717, 1.165) is 12.1 Å². The lowest BCUT2D eigenvalue weighted by molar-refractivity contribution is 0.392. The summed E-state index contributed by atoms with van der Waals surface area (Å²) in [4.78, 5) is -0.771. The summed E-state index contributed by atoms with van der Waals surface area (Å²) in [5.41, 5.74) is 1.24. The summed E-state index contributed by atoms with van der Waals surface area (Å²) in [6, 6.07) is 11.8. The molecule has 0 unspecified atom stereocenters. The molecule has 0 radical (unpaired) electrons. The number of nitrogens with zero attached hydrogens (tertiary/aromatic N) is 2. The fraction of sp³-hybridized carbons (Fsp3) is 0.0588. The monoisotopic (exact) mass is 377 g/mol. The third-order valence-electron chi connectivity index (χ3n) is 3.44. The molecule has 134 valence electrons. The maximum absolute atomic E-state index is 13.8. The summed E-state index contributed by atoms with van der Waals surface area (Å²) in [6.45, 7) is 0. The van der Waals surface area contributed by atoms with Crippen LogP contribution in [0.25, 0.3) is 11.3 Å². The summed E-state index contributed by atoms with van der Waals surface area (Å²) in [5, 5.41) is 7.82. The van der Waals surface area contributed by atoms with E-state index in [1.807, 2.05) is 0 Å². The number of ether oxygens (including phenoxy) is 1. The highest BCUT2D eigenvalue weighted by molar-refractivity contribution is 7.92. The number of anilines is 1. The molecular weight excluding hydrogens is 364 g/mol. The average Bonchev–Trinajstić information content (AvgIpc) is 2.63. The smallest absolute Gasteiger partial charge is 0.264 e. The summed E-state index contributed by atoms with van der Waals surface area (Å²) in [6.07, 6.45) is 0. The minimum absolute atomic E-state index is 0.170. The van der Waals surface area contributed by atoms with Crippen molar-refractivity contribution in [2.24, 2.45) is 0 Å². The molecule has 0 bridgehead atoms. The van der Waals surface area contributed by atoms with Crippen LogP contribution >= 0.6 is 0 Å². The molecule has 0 amide bonds. The quantitative estimate of drug-likeness (QED) is 0.738. The number of methoxy groups -OCH3 is 1. The molecule has 0 aliphatic heterocycles. The first-order valence-corrected chi connectivity index (χ1v) is 8.83. The third kappa shape index (κ3) is 3.77. The van der Waals surface area contributed by atoms with Gasteiger partial charge < -0.3 is 4.74 Å². The molecule has 2 aromatic carbocycles. The van der Waals surface area contributed by atoms with Gasteiger partial charge in [0.25, 0.3) is 10.0 Å². The molecule has 0 saturated heterocycles. The van der Waals surface area contributed by atoms with E-state index in [4.69, 9.17) is 4.74 Å². The van der Waals surface area contributed by atoms with E-state index in [0.29, 0.717) is 23.2 Å². The Bertz CT molecular complexity index is 1040. The van der Waals surface area contributed by atoms with E-state index in [1.54, 1.807) is 24.3 Å². The normalized spacial score (nSPS) is 11.2. The molecule has 0 spiro atoms. The molecule has 9 heteroatoms. The lowest BCUT2D eigenvalue weighted by Gasteiger charge is -2.10. The minimum Gasteiger partial charge on any atom is -0.480 e. The van der Waals surface area contributed by atoms with Crippen LogP contribution in [0.5, 0.6) is 5.88 Å². The zero-order valence-corrected chi connectivity index (χ0v) is 14.3. The Balaban J connectivity index is 1.91. The van der Waals surface area contributed by atoms with Gasteiger partial charge in [-0.3, -0.25) is 4.72 Å². The van der Waals surface area contributed by atoms with Crippen LogP contribution < -0.4 is 9.46 Å². The van der Waals surface area contributed by atoms with Crippen molar-refractivity contribution in [2.45, 2.75) is 4.90 Å². The van der Waals surface area contributed by atoms with Gasteiger partial charge in [-0.25, -0.2) is 17.2 Å². The second-order valence-corrected chi connectivity index (χ2v) is 6.87. The first kappa shape index (κ1) is 17.7. The topological polar surface area (TPSA) is 81.2 Å². The molecule has 1 N–H and O–H groups in total. The van der Waals surface area contributed by atoms with Gasteiger partial charge in [0.2, 0.25) is 5.88 Å². The molecule has 0 fully saturated rings. The van der Waals surface area contributed by atoms with Crippen molar-refractivity contribution >= 4 is 15.7 Å². The molecule has 26 heavy (non-hydrogen) atoms. The summed E-state index contributed by atoms with van der Waals surface area (Å²) in [5.74, 6) is -1.56.